The molecule has 0 saturated heterocycles. The van der Waals surface area contributed by atoms with E-state index in [0.29, 0.717) is 0 Å². The van der Waals surface area contributed by atoms with E-state index in [-0.39, 0.29) is 12.1 Å². The highest BCUT2D eigenvalue weighted by Crippen LogP contribution is 2.24. The zero-order chi connectivity index (χ0) is 15.1. The number of benzene rings is 2. The van der Waals surface area contributed by atoms with Gasteiger partial charge in [0.05, 0.1) is 12.1 Å². The quantitative estimate of drug-likeness (QED) is 0.811. The Labute approximate surface area is 128 Å². The van der Waals surface area contributed by atoms with Crippen molar-refractivity contribution in [3.05, 3.63) is 60.2 Å². The highest BCUT2D eigenvalue weighted by molar-refractivity contribution is 5.63. The van der Waals surface area contributed by atoms with Gasteiger partial charge in [-0.05, 0) is 37.1 Å². The van der Waals surface area contributed by atoms with E-state index in [9.17, 15) is 0 Å². The van der Waals surface area contributed by atoms with E-state index in [1.165, 1.54) is 16.7 Å². The topological polar surface area (TPSA) is 21.3 Å². The van der Waals surface area contributed by atoms with Crippen LogP contribution in [0.2, 0.25) is 0 Å². The molecule has 2 unspecified atom stereocenters. The van der Waals surface area contributed by atoms with Gasteiger partial charge in [0, 0.05) is 6.61 Å². The minimum absolute atomic E-state index is 0.164. The molecule has 0 spiro atoms. The lowest BCUT2D eigenvalue weighted by molar-refractivity contribution is 0.0477. The Balaban J connectivity index is 2.19. The Morgan fingerprint density at radius 1 is 0.905 bits per heavy atom. The Morgan fingerprint density at radius 2 is 1.52 bits per heavy atom. The van der Waals surface area contributed by atoms with Gasteiger partial charge in [0.2, 0.25) is 0 Å². The summed E-state index contributed by atoms with van der Waals surface area (Å²) in [5.41, 5.74) is 3.78. The van der Waals surface area contributed by atoms with Gasteiger partial charge in [-0.3, -0.25) is 0 Å². The van der Waals surface area contributed by atoms with Gasteiger partial charge < -0.3 is 10.1 Å². The molecule has 2 heteroatoms. The molecular weight excluding hydrogens is 258 g/mol. The van der Waals surface area contributed by atoms with Crippen LogP contribution < -0.4 is 5.32 Å². The lowest BCUT2D eigenvalue weighted by Gasteiger charge is -2.25. The van der Waals surface area contributed by atoms with Crippen molar-refractivity contribution in [2.24, 2.45) is 0 Å². The van der Waals surface area contributed by atoms with Crippen LogP contribution in [0.5, 0.6) is 0 Å². The van der Waals surface area contributed by atoms with E-state index in [4.69, 9.17) is 4.74 Å². The van der Waals surface area contributed by atoms with Crippen LogP contribution in [-0.2, 0) is 4.74 Å². The summed E-state index contributed by atoms with van der Waals surface area (Å²) in [6.07, 6.45) is 0.164. The van der Waals surface area contributed by atoms with Crippen LogP contribution in [0, 0.1) is 0 Å². The predicted octanol–water partition coefficient (Wildman–Crippen LogP) is 4.43. The monoisotopic (exact) mass is 283 g/mol. The highest BCUT2D eigenvalue weighted by Gasteiger charge is 2.18. The summed E-state index contributed by atoms with van der Waals surface area (Å²) in [5, 5.41) is 3.52. The van der Waals surface area contributed by atoms with Gasteiger partial charge in [-0.25, -0.2) is 0 Å². The van der Waals surface area contributed by atoms with Gasteiger partial charge in [-0.15, -0.1) is 0 Å². The van der Waals surface area contributed by atoms with Gasteiger partial charge in [-0.1, -0.05) is 61.5 Å². The van der Waals surface area contributed by atoms with Crippen molar-refractivity contribution < 1.29 is 4.74 Å². The zero-order valence-electron chi connectivity index (χ0n) is 13.2. The third kappa shape index (κ3) is 4.16. The van der Waals surface area contributed by atoms with Crippen LogP contribution in [-0.4, -0.2) is 19.3 Å². The lowest BCUT2D eigenvalue weighted by atomic mass is 9.98. The minimum Gasteiger partial charge on any atom is -0.377 e. The molecule has 0 heterocycles. The van der Waals surface area contributed by atoms with Gasteiger partial charge in [0.25, 0.3) is 0 Å². The molecular formula is C19H25NO. The first-order chi connectivity index (χ1) is 10.3. The Bertz CT molecular complexity index is 521. The molecule has 0 radical (unpaired) electrons. The fraction of sp³-hybridized carbons (Fsp3) is 0.368. The van der Waals surface area contributed by atoms with Gasteiger partial charge in [0.15, 0.2) is 0 Å². The molecule has 0 aliphatic carbocycles. The molecule has 0 aromatic heterocycles. The van der Waals surface area contributed by atoms with Crippen molar-refractivity contribution in [1.82, 2.24) is 5.32 Å². The summed E-state index contributed by atoms with van der Waals surface area (Å²) in [4.78, 5) is 0. The Kier molecular flexibility index (Phi) is 5.97. The van der Waals surface area contributed by atoms with Crippen molar-refractivity contribution >= 4 is 0 Å². The summed E-state index contributed by atoms with van der Waals surface area (Å²) in [7, 11) is 0. The van der Waals surface area contributed by atoms with Crippen molar-refractivity contribution in [3.63, 3.8) is 0 Å². The summed E-state index contributed by atoms with van der Waals surface area (Å²) >= 11 is 0. The van der Waals surface area contributed by atoms with Gasteiger partial charge in [0.1, 0.15) is 0 Å². The van der Waals surface area contributed by atoms with E-state index in [1.807, 2.05) is 13.0 Å². The zero-order valence-corrected chi connectivity index (χ0v) is 13.2. The second-order valence-corrected chi connectivity index (χ2v) is 5.18. The maximum atomic E-state index is 5.76. The van der Waals surface area contributed by atoms with Crippen LogP contribution in [0.3, 0.4) is 0 Å². The first-order valence-corrected chi connectivity index (χ1v) is 7.76. The smallest absolute Gasteiger partial charge is 0.0741 e. The molecule has 2 aromatic rings. The third-order valence-corrected chi connectivity index (χ3v) is 3.70. The largest absolute Gasteiger partial charge is 0.377 e. The van der Waals surface area contributed by atoms with Gasteiger partial charge in [-0.2, -0.15) is 0 Å². The number of likely N-dealkylation sites (N-methyl/N-ethyl adjacent to an activating group) is 1. The molecule has 1 N–H and O–H groups in total. The van der Waals surface area contributed by atoms with E-state index in [2.05, 4.69) is 67.7 Å². The first-order valence-electron chi connectivity index (χ1n) is 7.76. The van der Waals surface area contributed by atoms with Crippen molar-refractivity contribution in [3.8, 4) is 11.1 Å². The molecule has 0 aliphatic heterocycles. The molecule has 2 rings (SSSR count). The fourth-order valence-corrected chi connectivity index (χ4v) is 2.65. The van der Waals surface area contributed by atoms with Crippen LogP contribution >= 0.6 is 0 Å². The molecule has 2 nitrogen and oxygen atoms in total. The number of hydrogen-bond acceptors (Lipinski definition) is 2. The van der Waals surface area contributed by atoms with Crippen molar-refractivity contribution in [1.29, 1.82) is 0 Å². The van der Waals surface area contributed by atoms with Crippen molar-refractivity contribution in [2.75, 3.05) is 13.2 Å². The molecule has 0 bridgehead atoms. The molecule has 21 heavy (non-hydrogen) atoms. The van der Waals surface area contributed by atoms with Gasteiger partial charge >= 0.3 is 0 Å². The number of rotatable bonds is 7. The van der Waals surface area contributed by atoms with Crippen LogP contribution in [0.1, 0.15) is 32.4 Å². The normalized spacial score (nSPS) is 13.9. The lowest BCUT2D eigenvalue weighted by Crippen LogP contribution is -2.32. The number of hydrogen-bond donors (Lipinski definition) is 1. The molecule has 2 aromatic carbocycles. The van der Waals surface area contributed by atoms with Crippen LogP contribution in [0.15, 0.2) is 54.6 Å². The molecule has 0 amide bonds. The standard InChI is InChI=1S/C19H25NO/c1-4-20-19(15(3)21-5-2)18-13-11-17(12-14-18)16-9-7-6-8-10-16/h6-15,19-20H,4-5H2,1-3H3. The molecule has 0 saturated carbocycles. The predicted molar refractivity (Wildman–Crippen MR) is 89.4 cm³/mol. The second kappa shape index (κ2) is 7.96. The SMILES string of the molecule is CCNC(c1ccc(-c2ccccc2)cc1)C(C)OCC. The van der Waals surface area contributed by atoms with Crippen LogP contribution in [0.25, 0.3) is 11.1 Å². The Hall–Kier alpha value is -1.64. The molecule has 0 fully saturated rings. The number of ether oxygens (including phenoxy) is 1. The summed E-state index contributed by atoms with van der Waals surface area (Å²) in [6.45, 7) is 7.97. The highest BCUT2D eigenvalue weighted by atomic mass is 16.5. The van der Waals surface area contributed by atoms with E-state index < -0.39 is 0 Å². The first kappa shape index (κ1) is 15.7. The minimum atomic E-state index is 0.164. The summed E-state index contributed by atoms with van der Waals surface area (Å²) < 4.78 is 5.76. The Morgan fingerprint density at radius 3 is 2.10 bits per heavy atom. The van der Waals surface area contributed by atoms with E-state index >= 15 is 0 Å². The summed E-state index contributed by atoms with van der Waals surface area (Å²) in [6, 6.07) is 19.5. The molecule has 0 aliphatic rings. The van der Waals surface area contributed by atoms with Crippen molar-refractivity contribution in [2.45, 2.75) is 32.9 Å². The molecule has 112 valence electrons. The van der Waals surface area contributed by atoms with E-state index in [0.717, 1.165) is 13.2 Å². The third-order valence-electron chi connectivity index (χ3n) is 3.70. The van der Waals surface area contributed by atoms with Crippen LogP contribution in [0.4, 0.5) is 0 Å². The average molecular weight is 283 g/mol. The maximum Gasteiger partial charge on any atom is 0.0741 e. The second-order valence-electron chi connectivity index (χ2n) is 5.18. The number of nitrogens with one attached hydrogen (secondary N) is 1. The maximum absolute atomic E-state index is 5.76. The molecule has 2 atom stereocenters. The van der Waals surface area contributed by atoms with E-state index in [1.54, 1.807) is 0 Å². The summed E-state index contributed by atoms with van der Waals surface area (Å²) in [5.74, 6) is 0. The fourth-order valence-electron chi connectivity index (χ4n) is 2.65. The average Bonchev–Trinajstić information content (AvgIpc) is 2.54.